The van der Waals surface area contributed by atoms with Crippen LogP contribution in [0.4, 0.5) is 0 Å². The zero-order valence-electron chi connectivity index (χ0n) is 7.48. The van der Waals surface area contributed by atoms with Crippen LogP contribution in [0.15, 0.2) is 24.3 Å². The van der Waals surface area contributed by atoms with Crippen LogP contribution in [0.5, 0.6) is 5.75 Å². The third-order valence-corrected chi connectivity index (χ3v) is 2.09. The molecule has 3 heteroatoms. The van der Waals surface area contributed by atoms with E-state index < -0.39 is 0 Å². The van der Waals surface area contributed by atoms with Crippen molar-refractivity contribution >= 4 is 0 Å². The first-order valence-corrected chi connectivity index (χ1v) is 4.35. The predicted octanol–water partition coefficient (Wildman–Crippen LogP) is 0.502. The summed E-state index contributed by atoms with van der Waals surface area (Å²) in [5, 5.41) is 18.3. The highest BCUT2D eigenvalue weighted by atomic mass is 16.3. The fourth-order valence-electron chi connectivity index (χ4n) is 1.22. The summed E-state index contributed by atoms with van der Waals surface area (Å²) in [7, 11) is 0. The fraction of sp³-hybridized carbons (Fsp3) is 0.400. The summed E-state index contributed by atoms with van der Waals surface area (Å²) in [5.74, 6) is 0.308. The van der Waals surface area contributed by atoms with E-state index in [4.69, 9.17) is 10.8 Å². The molecule has 0 saturated heterocycles. The number of phenolic OH excluding ortho intramolecular Hbond substituents is 1. The van der Waals surface area contributed by atoms with Gasteiger partial charge in [-0.3, -0.25) is 0 Å². The highest BCUT2D eigenvalue weighted by Crippen LogP contribution is 2.18. The molecule has 0 aromatic heterocycles. The van der Waals surface area contributed by atoms with Crippen molar-refractivity contribution in [2.24, 2.45) is 11.7 Å². The maximum Gasteiger partial charge on any atom is 0.118 e. The molecule has 0 fully saturated rings. The van der Waals surface area contributed by atoms with E-state index in [1.165, 1.54) is 0 Å². The summed E-state index contributed by atoms with van der Waals surface area (Å²) < 4.78 is 0. The van der Waals surface area contributed by atoms with E-state index in [0.29, 0.717) is 13.0 Å². The van der Waals surface area contributed by atoms with Crippen molar-refractivity contribution in [3.63, 3.8) is 0 Å². The average Bonchev–Trinajstić information content (AvgIpc) is 2.17. The molecule has 0 aliphatic heterocycles. The molecule has 0 amide bonds. The molecule has 3 nitrogen and oxygen atoms in total. The molecule has 1 unspecified atom stereocenters. The Balaban J connectivity index is 2.67. The Morgan fingerprint density at radius 3 is 2.54 bits per heavy atom. The summed E-state index contributed by atoms with van der Waals surface area (Å²) in [6.07, 6.45) is 0.625. The average molecular weight is 181 g/mol. The number of hydrogen-bond acceptors (Lipinski definition) is 3. The Morgan fingerprint density at radius 1 is 1.31 bits per heavy atom. The highest BCUT2D eigenvalue weighted by molar-refractivity contribution is 5.32. The van der Waals surface area contributed by atoms with Crippen LogP contribution >= 0.6 is 0 Å². The van der Waals surface area contributed by atoms with Gasteiger partial charge in [-0.1, -0.05) is 18.2 Å². The number of aromatic hydroxyl groups is 1. The van der Waals surface area contributed by atoms with E-state index in [1.807, 2.05) is 12.1 Å². The van der Waals surface area contributed by atoms with Crippen LogP contribution in [0.25, 0.3) is 0 Å². The van der Waals surface area contributed by atoms with Gasteiger partial charge in [-0.25, -0.2) is 0 Å². The number of aliphatic hydroxyl groups is 1. The van der Waals surface area contributed by atoms with E-state index in [1.54, 1.807) is 12.1 Å². The molecular weight excluding hydrogens is 166 g/mol. The quantitative estimate of drug-likeness (QED) is 0.633. The second-order valence-electron chi connectivity index (χ2n) is 3.12. The van der Waals surface area contributed by atoms with Crippen molar-refractivity contribution in [3.05, 3.63) is 29.8 Å². The second kappa shape index (κ2) is 4.84. The van der Waals surface area contributed by atoms with E-state index in [0.717, 1.165) is 5.56 Å². The molecule has 0 heterocycles. The molecule has 13 heavy (non-hydrogen) atoms. The van der Waals surface area contributed by atoms with Gasteiger partial charge < -0.3 is 15.9 Å². The minimum Gasteiger partial charge on any atom is -0.508 e. The van der Waals surface area contributed by atoms with E-state index in [2.05, 4.69) is 0 Å². The molecule has 4 N–H and O–H groups in total. The molecule has 1 atom stereocenters. The fourth-order valence-corrected chi connectivity index (χ4v) is 1.22. The van der Waals surface area contributed by atoms with Crippen LogP contribution in [-0.4, -0.2) is 23.4 Å². The van der Waals surface area contributed by atoms with Gasteiger partial charge in [0, 0.05) is 6.61 Å². The van der Waals surface area contributed by atoms with Crippen LogP contribution in [0.3, 0.4) is 0 Å². The number of aliphatic hydroxyl groups excluding tert-OH is 1. The van der Waals surface area contributed by atoms with Gasteiger partial charge >= 0.3 is 0 Å². The van der Waals surface area contributed by atoms with Gasteiger partial charge in [0.1, 0.15) is 5.75 Å². The standard InChI is InChI=1S/C10H15NO2/c11-6-8(7-12)5-9-3-1-2-4-10(9)13/h1-4,8,12-13H,5-7,11H2. The van der Waals surface area contributed by atoms with Crippen LogP contribution < -0.4 is 5.73 Å². The zero-order chi connectivity index (χ0) is 9.68. The smallest absolute Gasteiger partial charge is 0.118 e. The Labute approximate surface area is 77.8 Å². The predicted molar refractivity (Wildman–Crippen MR) is 51.4 cm³/mol. The van der Waals surface area contributed by atoms with Crippen LogP contribution in [-0.2, 0) is 6.42 Å². The van der Waals surface area contributed by atoms with Crippen LogP contribution in [0.1, 0.15) is 5.56 Å². The van der Waals surface area contributed by atoms with Gasteiger partial charge in [0.25, 0.3) is 0 Å². The minimum absolute atomic E-state index is 0.0355. The monoisotopic (exact) mass is 181 g/mol. The van der Waals surface area contributed by atoms with E-state index >= 15 is 0 Å². The minimum atomic E-state index is 0.0355. The number of rotatable bonds is 4. The lowest BCUT2D eigenvalue weighted by Crippen LogP contribution is -2.20. The molecule has 1 aromatic rings. The Kier molecular flexibility index (Phi) is 3.73. The first-order valence-electron chi connectivity index (χ1n) is 4.35. The number of para-hydroxylation sites is 1. The lowest BCUT2D eigenvalue weighted by atomic mass is 10.00. The zero-order valence-corrected chi connectivity index (χ0v) is 7.48. The van der Waals surface area contributed by atoms with Gasteiger partial charge in [0.15, 0.2) is 0 Å². The topological polar surface area (TPSA) is 66.5 Å². The second-order valence-corrected chi connectivity index (χ2v) is 3.12. The summed E-state index contributed by atoms with van der Waals surface area (Å²) in [4.78, 5) is 0. The van der Waals surface area contributed by atoms with Gasteiger partial charge in [-0.05, 0) is 30.5 Å². The number of nitrogens with two attached hydrogens (primary N) is 1. The molecule has 0 saturated carbocycles. The first kappa shape index (κ1) is 10.0. The summed E-state index contributed by atoms with van der Waals surface area (Å²) in [5.41, 5.74) is 6.28. The number of phenols is 1. The van der Waals surface area contributed by atoms with Crippen molar-refractivity contribution in [2.45, 2.75) is 6.42 Å². The SMILES string of the molecule is NCC(CO)Cc1ccccc1O. The van der Waals surface area contributed by atoms with Crippen LogP contribution in [0.2, 0.25) is 0 Å². The third kappa shape index (κ3) is 2.72. The normalized spacial score (nSPS) is 12.8. The third-order valence-electron chi connectivity index (χ3n) is 2.09. The van der Waals surface area contributed by atoms with E-state index in [-0.39, 0.29) is 18.3 Å². The van der Waals surface area contributed by atoms with Crippen LogP contribution in [0, 0.1) is 5.92 Å². The molecule has 0 bridgehead atoms. The Bertz CT molecular complexity index is 259. The Morgan fingerprint density at radius 2 is 2.00 bits per heavy atom. The lowest BCUT2D eigenvalue weighted by Gasteiger charge is -2.11. The van der Waals surface area contributed by atoms with Crippen molar-refractivity contribution in [1.82, 2.24) is 0 Å². The molecule has 0 aliphatic rings. The number of hydrogen-bond donors (Lipinski definition) is 3. The first-order chi connectivity index (χ1) is 6.27. The molecular formula is C10H15NO2. The van der Waals surface area contributed by atoms with Crippen molar-refractivity contribution in [1.29, 1.82) is 0 Å². The Hall–Kier alpha value is -1.06. The molecule has 1 aromatic carbocycles. The maximum atomic E-state index is 9.43. The van der Waals surface area contributed by atoms with Crippen molar-refractivity contribution < 1.29 is 10.2 Å². The molecule has 72 valence electrons. The molecule has 0 radical (unpaired) electrons. The van der Waals surface area contributed by atoms with E-state index in [9.17, 15) is 5.11 Å². The maximum absolute atomic E-state index is 9.43. The molecule has 0 spiro atoms. The van der Waals surface area contributed by atoms with Gasteiger partial charge in [-0.2, -0.15) is 0 Å². The summed E-state index contributed by atoms with van der Waals surface area (Å²) in [6, 6.07) is 7.11. The van der Waals surface area contributed by atoms with Crippen molar-refractivity contribution in [3.8, 4) is 5.75 Å². The molecule has 1 rings (SSSR count). The van der Waals surface area contributed by atoms with Gasteiger partial charge in [-0.15, -0.1) is 0 Å². The lowest BCUT2D eigenvalue weighted by molar-refractivity contribution is 0.229. The largest absolute Gasteiger partial charge is 0.508 e. The van der Waals surface area contributed by atoms with Crippen molar-refractivity contribution in [2.75, 3.05) is 13.2 Å². The van der Waals surface area contributed by atoms with Gasteiger partial charge in [0.05, 0.1) is 0 Å². The number of benzene rings is 1. The van der Waals surface area contributed by atoms with Gasteiger partial charge in [0.2, 0.25) is 0 Å². The summed E-state index contributed by atoms with van der Waals surface area (Å²) >= 11 is 0. The molecule has 0 aliphatic carbocycles. The highest BCUT2D eigenvalue weighted by Gasteiger charge is 2.08. The summed E-state index contributed by atoms with van der Waals surface area (Å²) in [6.45, 7) is 0.496.